The third kappa shape index (κ3) is 4.30. The summed E-state index contributed by atoms with van der Waals surface area (Å²) in [6.45, 7) is 0.285. The van der Waals surface area contributed by atoms with E-state index >= 15 is 0 Å². The third-order valence-corrected chi connectivity index (χ3v) is 4.35. The van der Waals surface area contributed by atoms with E-state index in [1.807, 2.05) is 0 Å². The zero-order valence-corrected chi connectivity index (χ0v) is 12.0. The molecule has 7 heteroatoms. The Hall–Kier alpha value is -1.44. The molecule has 0 aliphatic carbocycles. The Kier molecular flexibility index (Phi) is 5.04. The van der Waals surface area contributed by atoms with Crippen LogP contribution in [0.2, 0.25) is 0 Å². The zero-order chi connectivity index (χ0) is 14.6. The van der Waals surface area contributed by atoms with E-state index in [0.717, 1.165) is 9.87 Å². The molecule has 106 valence electrons. The topological polar surface area (TPSA) is 77.9 Å². The molecule has 6 nitrogen and oxygen atoms in total. The van der Waals surface area contributed by atoms with Crippen molar-refractivity contribution in [1.29, 1.82) is 0 Å². The smallest absolute Gasteiger partial charge is 0.317 e. The number of carboxylic acids is 1. The van der Waals surface area contributed by atoms with Gasteiger partial charge in [0.25, 0.3) is 0 Å². The Balaban J connectivity index is 2.93. The van der Waals surface area contributed by atoms with Crippen molar-refractivity contribution in [2.24, 2.45) is 0 Å². The van der Waals surface area contributed by atoms with Gasteiger partial charge in [0.2, 0.25) is 10.0 Å². The first-order chi connectivity index (χ1) is 8.73. The van der Waals surface area contributed by atoms with Crippen LogP contribution in [0.5, 0.6) is 0 Å². The monoisotopic (exact) mass is 286 g/mol. The van der Waals surface area contributed by atoms with Gasteiger partial charge in [0.15, 0.2) is 0 Å². The van der Waals surface area contributed by atoms with Crippen LogP contribution >= 0.6 is 0 Å². The molecule has 1 aromatic carbocycles. The lowest BCUT2D eigenvalue weighted by Crippen LogP contribution is -2.25. The minimum absolute atomic E-state index is 0.0926. The van der Waals surface area contributed by atoms with E-state index in [4.69, 9.17) is 5.11 Å². The molecular formula is C12H18N2O4S. The highest BCUT2D eigenvalue weighted by molar-refractivity contribution is 7.89. The predicted molar refractivity (Wildman–Crippen MR) is 71.3 cm³/mol. The summed E-state index contributed by atoms with van der Waals surface area (Å²) in [5.41, 5.74) is 0.756. The van der Waals surface area contributed by atoms with Crippen molar-refractivity contribution in [2.45, 2.75) is 11.4 Å². The molecule has 1 rings (SSSR count). The second kappa shape index (κ2) is 6.14. The third-order valence-electron chi connectivity index (χ3n) is 2.53. The Morgan fingerprint density at radius 3 is 2.42 bits per heavy atom. The average Bonchev–Trinajstić information content (AvgIpc) is 2.27. The molecule has 1 aromatic rings. The highest BCUT2D eigenvalue weighted by Crippen LogP contribution is 2.15. The number of aliphatic carboxylic acids is 1. The average molecular weight is 286 g/mol. The normalized spacial score (nSPS) is 12.1. The van der Waals surface area contributed by atoms with Crippen LogP contribution in [-0.2, 0) is 21.4 Å². The van der Waals surface area contributed by atoms with Crippen molar-refractivity contribution in [3.63, 3.8) is 0 Å². The van der Waals surface area contributed by atoms with Crippen LogP contribution in [0.15, 0.2) is 29.2 Å². The SMILES string of the molecule is CN(CC(=O)O)Cc1cccc(S(=O)(=O)N(C)C)c1. The summed E-state index contributed by atoms with van der Waals surface area (Å²) in [6.07, 6.45) is 0. The van der Waals surface area contributed by atoms with Gasteiger partial charge in [0, 0.05) is 20.6 Å². The van der Waals surface area contributed by atoms with E-state index in [0.29, 0.717) is 6.54 Å². The molecule has 0 atom stereocenters. The van der Waals surface area contributed by atoms with E-state index < -0.39 is 16.0 Å². The molecular weight excluding hydrogens is 268 g/mol. The zero-order valence-electron chi connectivity index (χ0n) is 11.2. The van der Waals surface area contributed by atoms with Crippen LogP contribution in [0.3, 0.4) is 0 Å². The summed E-state index contributed by atoms with van der Waals surface area (Å²) in [6, 6.07) is 6.51. The first kappa shape index (κ1) is 15.6. The number of carboxylic acid groups (broad SMARTS) is 1. The lowest BCUT2D eigenvalue weighted by Gasteiger charge is -2.16. The molecule has 0 saturated heterocycles. The Morgan fingerprint density at radius 1 is 1.26 bits per heavy atom. The van der Waals surface area contributed by atoms with Crippen molar-refractivity contribution in [1.82, 2.24) is 9.21 Å². The summed E-state index contributed by atoms with van der Waals surface area (Å²) in [5, 5.41) is 8.67. The molecule has 0 unspecified atom stereocenters. The van der Waals surface area contributed by atoms with E-state index in [1.54, 1.807) is 30.1 Å². The van der Waals surface area contributed by atoms with Crippen LogP contribution in [0.1, 0.15) is 5.56 Å². The maximum atomic E-state index is 12.0. The second-order valence-electron chi connectivity index (χ2n) is 4.50. The highest BCUT2D eigenvalue weighted by Gasteiger charge is 2.17. The van der Waals surface area contributed by atoms with Crippen LogP contribution in [-0.4, -0.2) is 56.4 Å². The van der Waals surface area contributed by atoms with E-state index in [2.05, 4.69) is 0 Å². The van der Waals surface area contributed by atoms with Crippen molar-refractivity contribution in [3.05, 3.63) is 29.8 Å². The van der Waals surface area contributed by atoms with E-state index in [9.17, 15) is 13.2 Å². The lowest BCUT2D eigenvalue weighted by atomic mass is 10.2. The molecule has 1 N–H and O–H groups in total. The molecule has 0 aliphatic heterocycles. The van der Waals surface area contributed by atoms with Gasteiger partial charge in [-0.05, 0) is 24.7 Å². The van der Waals surface area contributed by atoms with Gasteiger partial charge in [0.1, 0.15) is 0 Å². The quantitative estimate of drug-likeness (QED) is 0.821. The minimum atomic E-state index is -3.46. The summed E-state index contributed by atoms with van der Waals surface area (Å²) in [7, 11) is 1.15. The molecule has 0 heterocycles. The maximum absolute atomic E-state index is 12.0. The van der Waals surface area contributed by atoms with Gasteiger partial charge < -0.3 is 5.11 Å². The number of likely N-dealkylation sites (N-methyl/N-ethyl adjacent to an activating group) is 1. The molecule has 0 aromatic heterocycles. The van der Waals surface area contributed by atoms with Crippen LogP contribution in [0.4, 0.5) is 0 Å². The lowest BCUT2D eigenvalue weighted by molar-refractivity contribution is -0.138. The van der Waals surface area contributed by atoms with Crippen molar-refractivity contribution in [3.8, 4) is 0 Å². The summed E-state index contributed by atoms with van der Waals surface area (Å²) < 4.78 is 25.1. The van der Waals surface area contributed by atoms with E-state index in [1.165, 1.54) is 20.2 Å². The Labute approximate surface area is 113 Å². The summed E-state index contributed by atoms with van der Waals surface area (Å²) >= 11 is 0. The molecule has 0 bridgehead atoms. The summed E-state index contributed by atoms with van der Waals surface area (Å²) in [5.74, 6) is -0.917. The molecule has 0 radical (unpaired) electrons. The molecule has 0 saturated carbocycles. The van der Waals surface area contributed by atoms with E-state index in [-0.39, 0.29) is 11.4 Å². The number of rotatable bonds is 6. The number of hydrogen-bond acceptors (Lipinski definition) is 4. The number of benzene rings is 1. The van der Waals surface area contributed by atoms with Gasteiger partial charge in [-0.15, -0.1) is 0 Å². The molecule has 0 amide bonds. The largest absolute Gasteiger partial charge is 0.480 e. The fraction of sp³-hybridized carbons (Fsp3) is 0.417. The predicted octanol–water partition coefficient (Wildman–Crippen LogP) is 0.453. The highest BCUT2D eigenvalue weighted by atomic mass is 32.2. The Morgan fingerprint density at radius 2 is 1.89 bits per heavy atom. The second-order valence-corrected chi connectivity index (χ2v) is 6.65. The first-order valence-electron chi connectivity index (χ1n) is 5.65. The molecule has 0 aliphatic rings. The van der Waals surface area contributed by atoms with Crippen LogP contribution < -0.4 is 0 Å². The Bertz CT molecular complexity index is 555. The molecule has 0 fully saturated rings. The number of carbonyl (C=O) groups is 1. The fourth-order valence-electron chi connectivity index (χ4n) is 1.61. The number of nitrogens with zero attached hydrogens (tertiary/aromatic N) is 2. The van der Waals surface area contributed by atoms with Crippen LogP contribution in [0, 0.1) is 0 Å². The van der Waals surface area contributed by atoms with Gasteiger partial charge in [-0.25, -0.2) is 12.7 Å². The van der Waals surface area contributed by atoms with Gasteiger partial charge in [-0.2, -0.15) is 0 Å². The summed E-state index contributed by atoms with van der Waals surface area (Å²) in [4.78, 5) is 12.4. The van der Waals surface area contributed by atoms with Gasteiger partial charge in [0.05, 0.1) is 11.4 Å². The van der Waals surface area contributed by atoms with Crippen molar-refractivity contribution >= 4 is 16.0 Å². The molecule has 19 heavy (non-hydrogen) atoms. The number of sulfonamides is 1. The van der Waals surface area contributed by atoms with Gasteiger partial charge in [-0.3, -0.25) is 9.69 Å². The van der Waals surface area contributed by atoms with Gasteiger partial charge >= 0.3 is 5.97 Å². The van der Waals surface area contributed by atoms with Crippen LogP contribution in [0.25, 0.3) is 0 Å². The van der Waals surface area contributed by atoms with Crippen molar-refractivity contribution in [2.75, 3.05) is 27.7 Å². The standard InChI is InChI=1S/C12H18N2O4S/c1-13(2)19(17,18)11-6-4-5-10(7-11)8-14(3)9-12(15)16/h4-7H,8-9H2,1-3H3,(H,15,16). The molecule has 0 spiro atoms. The van der Waals surface area contributed by atoms with Gasteiger partial charge in [-0.1, -0.05) is 12.1 Å². The fourth-order valence-corrected chi connectivity index (χ4v) is 2.59. The first-order valence-corrected chi connectivity index (χ1v) is 7.09. The minimum Gasteiger partial charge on any atom is -0.480 e. The number of hydrogen-bond donors (Lipinski definition) is 1. The maximum Gasteiger partial charge on any atom is 0.317 e. The van der Waals surface area contributed by atoms with Crippen molar-refractivity contribution < 1.29 is 18.3 Å².